The Labute approximate surface area is 106 Å². The normalized spacial score (nSPS) is 10.6. The Hall–Kier alpha value is -0.750. The van der Waals surface area contributed by atoms with Gasteiger partial charge in [0, 0.05) is 5.02 Å². The Bertz CT molecular complexity index is 507. The number of anilines is 1. The van der Waals surface area contributed by atoms with Gasteiger partial charge in [-0.15, -0.1) is 0 Å². The van der Waals surface area contributed by atoms with E-state index in [0.29, 0.717) is 5.82 Å². The quantitative estimate of drug-likeness (QED) is 0.815. The highest BCUT2D eigenvalue weighted by Gasteiger charge is 2.07. The van der Waals surface area contributed by atoms with Gasteiger partial charge in [-0.3, -0.25) is 0 Å². The third-order valence-electron chi connectivity index (χ3n) is 2.16. The number of nitrogens with zero attached hydrogens (tertiary/aromatic N) is 2. The van der Waals surface area contributed by atoms with Crippen LogP contribution in [0, 0.1) is 10.5 Å². The summed E-state index contributed by atoms with van der Waals surface area (Å²) in [5.41, 5.74) is 7.80. The zero-order valence-corrected chi connectivity index (χ0v) is 11.0. The second-order valence-corrected chi connectivity index (χ2v) is 4.79. The fourth-order valence-corrected chi connectivity index (χ4v) is 1.79. The van der Waals surface area contributed by atoms with E-state index in [1.165, 1.54) is 0 Å². The highest BCUT2D eigenvalue weighted by atomic mass is 127. The summed E-state index contributed by atoms with van der Waals surface area (Å²) in [7, 11) is 0. The number of halogens is 2. The third-order valence-corrected chi connectivity index (χ3v) is 3.40. The van der Waals surface area contributed by atoms with E-state index in [1.54, 1.807) is 10.9 Å². The Morgan fingerprint density at radius 1 is 1.47 bits per heavy atom. The molecule has 0 radical (unpaired) electrons. The lowest BCUT2D eigenvalue weighted by molar-refractivity contribution is 0.890. The minimum Gasteiger partial charge on any atom is -0.383 e. The second-order valence-electron chi connectivity index (χ2n) is 3.22. The van der Waals surface area contributed by atoms with Gasteiger partial charge in [-0.2, -0.15) is 5.10 Å². The standard InChI is InChI=1S/C10H9ClIN3/c1-6-2-3-7(4-8(6)11)15-10(13)9(12)5-14-15/h2-5H,13H2,1H3. The number of aryl methyl sites for hydroxylation is 1. The molecule has 0 aliphatic heterocycles. The van der Waals surface area contributed by atoms with Crippen molar-refractivity contribution in [3.8, 4) is 5.69 Å². The van der Waals surface area contributed by atoms with Crippen LogP contribution in [-0.2, 0) is 0 Å². The van der Waals surface area contributed by atoms with Crippen LogP contribution in [0.1, 0.15) is 5.56 Å². The molecule has 2 aromatic rings. The molecule has 1 aromatic heterocycles. The average molecular weight is 334 g/mol. The highest BCUT2D eigenvalue weighted by molar-refractivity contribution is 14.1. The maximum Gasteiger partial charge on any atom is 0.140 e. The first-order valence-electron chi connectivity index (χ1n) is 4.35. The lowest BCUT2D eigenvalue weighted by atomic mass is 10.2. The topological polar surface area (TPSA) is 43.8 Å². The molecule has 1 aromatic carbocycles. The Morgan fingerprint density at radius 2 is 2.20 bits per heavy atom. The predicted molar refractivity (Wildman–Crippen MR) is 70.4 cm³/mol. The molecule has 0 atom stereocenters. The van der Waals surface area contributed by atoms with Crippen molar-refractivity contribution in [3.63, 3.8) is 0 Å². The molecule has 0 saturated carbocycles. The molecule has 0 fully saturated rings. The van der Waals surface area contributed by atoms with Gasteiger partial charge in [0.05, 0.1) is 15.5 Å². The Morgan fingerprint density at radius 3 is 2.73 bits per heavy atom. The maximum absolute atomic E-state index is 6.04. The number of aromatic nitrogens is 2. The summed E-state index contributed by atoms with van der Waals surface area (Å²) in [6.45, 7) is 1.96. The van der Waals surface area contributed by atoms with E-state index >= 15 is 0 Å². The van der Waals surface area contributed by atoms with Crippen LogP contribution in [0.5, 0.6) is 0 Å². The van der Waals surface area contributed by atoms with Crippen molar-refractivity contribution in [2.75, 3.05) is 5.73 Å². The zero-order chi connectivity index (χ0) is 11.0. The molecule has 2 N–H and O–H groups in total. The van der Waals surface area contributed by atoms with Gasteiger partial charge in [0.15, 0.2) is 0 Å². The summed E-state index contributed by atoms with van der Waals surface area (Å²) in [6, 6.07) is 5.75. The SMILES string of the molecule is Cc1ccc(-n2ncc(I)c2N)cc1Cl. The lowest BCUT2D eigenvalue weighted by Crippen LogP contribution is -2.02. The van der Waals surface area contributed by atoms with Crippen LogP contribution < -0.4 is 5.73 Å². The summed E-state index contributed by atoms with van der Waals surface area (Å²) in [5, 5.41) is 4.90. The molecule has 5 heteroatoms. The van der Waals surface area contributed by atoms with Crippen LogP contribution >= 0.6 is 34.2 Å². The molecule has 2 rings (SSSR count). The first-order chi connectivity index (χ1) is 7.09. The monoisotopic (exact) mass is 333 g/mol. The molecule has 0 spiro atoms. The fraction of sp³-hybridized carbons (Fsp3) is 0.100. The number of nitrogens with two attached hydrogens (primary N) is 1. The fourth-order valence-electron chi connectivity index (χ4n) is 1.26. The largest absolute Gasteiger partial charge is 0.383 e. The van der Waals surface area contributed by atoms with Crippen molar-refractivity contribution in [2.45, 2.75) is 6.92 Å². The van der Waals surface area contributed by atoms with Crippen molar-refractivity contribution >= 4 is 40.0 Å². The van der Waals surface area contributed by atoms with E-state index in [1.807, 2.05) is 25.1 Å². The Kier molecular flexibility index (Phi) is 2.88. The van der Waals surface area contributed by atoms with E-state index in [2.05, 4.69) is 27.7 Å². The number of rotatable bonds is 1. The number of nitrogen functional groups attached to an aromatic ring is 1. The second kappa shape index (κ2) is 4.02. The van der Waals surface area contributed by atoms with Gasteiger partial charge in [0.25, 0.3) is 0 Å². The summed E-state index contributed by atoms with van der Waals surface area (Å²) in [5.74, 6) is 0.635. The van der Waals surface area contributed by atoms with Gasteiger partial charge < -0.3 is 5.73 Å². The molecule has 0 unspecified atom stereocenters. The number of hydrogen-bond donors (Lipinski definition) is 1. The summed E-state index contributed by atoms with van der Waals surface area (Å²) in [6.07, 6.45) is 1.73. The molecule has 15 heavy (non-hydrogen) atoms. The minimum absolute atomic E-state index is 0.635. The molecular formula is C10H9ClIN3. The van der Waals surface area contributed by atoms with Crippen molar-refractivity contribution in [2.24, 2.45) is 0 Å². The van der Waals surface area contributed by atoms with Gasteiger partial charge in [-0.05, 0) is 47.2 Å². The van der Waals surface area contributed by atoms with Crippen molar-refractivity contribution in [1.82, 2.24) is 9.78 Å². The third kappa shape index (κ3) is 1.96. The molecular weight excluding hydrogens is 324 g/mol. The van der Waals surface area contributed by atoms with Crippen LogP contribution in [0.25, 0.3) is 5.69 Å². The average Bonchev–Trinajstić information content (AvgIpc) is 2.53. The van der Waals surface area contributed by atoms with Crippen LogP contribution in [0.3, 0.4) is 0 Å². The maximum atomic E-state index is 6.04. The molecule has 0 amide bonds. The van der Waals surface area contributed by atoms with Gasteiger partial charge in [0.2, 0.25) is 0 Å². The molecule has 3 nitrogen and oxygen atoms in total. The van der Waals surface area contributed by atoms with Gasteiger partial charge >= 0.3 is 0 Å². The summed E-state index contributed by atoms with van der Waals surface area (Å²) < 4.78 is 2.61. The van der Waals surface area contributed by atoms with Crippen LogP contribution in [-0.4, -0.2) is 9.78 Å². The first-order valence-corrected chi connectivity index (χ1v) is 5.81. The van der Waals surface area contributed by atoms with E-state index in [-0.39, 0.29) is 0 Å². The molecule has 0 aliphatic carbocycles. The molecule has 1 heterocycles. The summed E-state index contributed by atoms with van der Waals surface area (Å²) in [4.78, 5) is 0. The minimum atomic E-state index is 0.635. The zero-order valence-electron chi connectivity index (χ0n) is 8.04. The van der Waals surface area contributed by atoms with E-state index in [9.17, 15) is 0 Å². The summed E-state index contributed by atoms with van der Waals surface area (Å²) >= 11 is 8.19. The van der Waals surface area contributed by atoms with Gasteiger partial charge in [-0.25, -0.2) is 4.68 Å². The lowest BCUT2D eigenvalue weighted by Gasteiger charge is -2.05. The van der Waals surface area contributed by atoms with Gasteiger partial charge in [0.1, 0.15) is 5.82 Å². The smallest absolute Gasteiger partial charge is 0.140 e. The number of hydrogen-bond acceptors (Lipinski definition) is 2. The van der Waals surface area contributed by atoms with Crippen molar-refractivity contribution < 1.29 is 0 Å². The van der Waals surface area contributed by atoms with Crippen LogP contribution in [0.2, 0.25) is 5.02 Å². The van der Waals surface area contributed by atoms with Crippen LogP contribution in [0.15, 0.2) is 24.4 Å². The molecule has 0 bridgehead atoms. The predicted octanol–water partition coefficient (Wildman–Crippen LogP) is 3.02. The highest BCUT2D eigenvalue weighted by Crippen LogP contribution is 2.22. The van der Waals surface area contributed by atoms with Crippen molar-refractivity contribution in [1.29, 1.82) is 0 Å². The van der Waals surface area contributed by atoms with E-state index < -0.39 is 0 Å². The number of benzene rings is 1. The molecule has 78 valence electrons. The van der Waals surface area contributed by atoms with E-state index in [0.717, 1.165) is 19.8 Å². The van der Waals surface area contributed by atoms with E-state index in [4.69, 9.17) is 17.3 Å². The van der Waals surface area contributed by atoms with Crippen LogP contribution in [0.4, 0.5) is 5.82 Å². The first kappa shape index (κ1) is 10.8. The van der Waals surface area contributed by atoms with Crippen molar-refractivity contribution in [3.05, 3.63) is 38.6 Å². The van der Waals surface area contributed by atoms with Gasteiger partial charge in [-0.1, -0.05) is 17.7 Å². The Balaban J connectivity index is 2.55. The molecule has 0 aliphatic rings. The molecule has 0 saturated heterocycles.